The normalized spacial score (nSPS) is 10.3. The second-order valence-corrected chi connectivity index (χ2v) is 5.47. The molecule has 0 aliphatic rings. The van der Waals surface area contributed by atoms with E-state index in [-0.39, 0.29) is 0 Å². The van der Waals surface area contributed by atoms with Crippen molar-refractivity contribution in [3.05, 3.63) is 50.0 Å². The van der Waals surface area contributed by atoms with Crippen LogP contribution in [0.3, 0.4) is 0 Å². The summed E-state index contributed by atoms with van der Waals surface area (Å²) in [6.07, 6.45) is 0. The van der Waals surface area contributed by atoms with Crippen LogP contribution in [0.25, 0.3) is 0 Å². The molecule has 0 fully saturated rings. The zero-order valence-electron chi connectivity index (χ0n) is 8.68. The highest BCUT2D eigenvalue weighted by atomic mass is 127. The van der Waals surface area contributed by atoms with Gasteiger partial charge in [-0.1, -0.05) is 23.2 Å². The summed E-state index contributed by atoms with van der Waals surface area (Å²) < 4.78 is 1.05. The minimum atomic E-state index is 0.530. The quantitative estimate of drug-likeness (QED) is 0.574. The van der Waals surface area contributed by atoms with Crippen molar-refractivity contribution in [2.75, 3.05) is 11.1 Å². The molecule has 0 bridgehead atoms. The van der Waals surface area contributed by atoms with Crippen LogP contribution in [0.2, 0.25) is 10.0 Å². The topological polar surface area (TPSA) is 38.0 Å². The molecule has 2 aromatic carbocycles. The van der Waals surface area contributed by atoms with Crippen molar-refractivity contribution in [2.45, 2.75) is 0 Å². The number of rotatable bonds is 2. The molecule has 5 heteroatoms. The van der Waals surface area contributed by atoms with Gasteiger partial charge in [-0.3, -0.25) is 0 Å². The molecule has 0 radical (unpaired) electrons. The molecule has 0 aliphatic heterocycles. The lowest BCUT2D eigenvalue weighted by molar-refractivity contribution is 1.52. The van der Waals surface area contributed by atoms with Crippen molar-refractivity contribution in [1.29, 1.82) is 0 Å². The smallest absolute Gasteiger partial charge is 0.0612 e. The Morgan fingerprint density at radius 3 is 2.41 bits per heavy atom. The minimum Gasteiger partial charge on any atom is -0.399 e. The fraction of sp³-hybridized carbons (Fsp3) is 0. The first-order chi connectivity index (χ1) is 8.06. The Hall–Kier alpha value is -0.650. The van der Waals surface area contributed by atoms with Crippen LogP contribution < -0.4 is 11.1 Å². The van der Waals surface area contributed by atoms with E-state index < -0.39 is 0 Å². The number of nitrogens with two attached hydrogens (primary N) is 1. The van der Waals surface area contributed by atoms with Gasteiger partial charge in [0, 0.05) is 14.9 Å². The standard InChI is InChI=1S/C12H9Cl2IN2/c13-9-3-2-8(6-10(9)14)17-12-4-1-7(16)5-11(12)15/h1-6,17H,16H2. The molecule has 0 atom stereocenters. The lowest BCUT2D eigenvalue weighted by Crippen LogP contribution is -1.94. The third kappa shape index (κ3) is 3.18. The molecule has 2 aromatic rings. The molecule has 0 aliphatic carbocycles. The molecule has 2 rings (SSSR count). The Bertz CT molecular complexity index is 558. The molecule has 0 amide bonds. The summed E-state index contributed by atoms with van der Waals surface area (Å²) in [6, 6.07) is 11.1. The number of halogens is 3. The van der Waals surface area contributed by atoms with Gasteiger partial charge in [-0.25, -0.2) is 0 Å². The third-order valence-corrected chi connectivity index (χ3v) is 3.82. The predicted octanol–water partition coefficient (Wildman–Crippen LogP) is 4.92. The van der Waals surface area contributed by atoms with Gasteiger partial charge in [0.05, 0.1) is 15.7 Å². The number of hydrogen-bond donors (Lipinski definition) is 2. The second kappa shape index (κ2) is 5.33. The summed E-state index contributed by atoms with van der Waals surface area (Å²) in [5, 5.41) is 4.34. The largest absolute Gasteiger partial charge is 0.399 e. The van der Waals surface area contributed by atoms with Gasteiger partial charge in [-0.2, -0.15) is 0 Å². The van der Waals surface area contributed by atoms with Crippen LogP contribution in [0, 0.1) is 3.57 Å². The van der Waals surface area contributed by atoms with Crippen molar-refractivity contribution in [3.8, 4) is 0 Å². The molecule has 0 spiro atoms. The minimum absolute atomic E-state index is 0.530. The van der Waals surface area contributed by atoms with E-state index in [0.29, 0.717) is 10.0 Å². The predicted molar refractivity (Wildman–Crippen MR) is 83.3 cm³/mol. The summed E-state index contributed by atoms with van der Waals surface area (Å²) in [5.74, 6) is 0. The van der Waals surface area contributed by atoms with Gasteiger partial charge < -0.3 is 11.1 Å². The second-order valence-electron chi connectivity index (χ2n) is 3.49. The number of benzene rings is 2. The van der Waals surface area contributed by atoms with E-state index in [1.54, 1.807) is 12.1 Å². The molecular formula is C12H9Cl2IN2. The Labute approximate surface area is 123 Å². The molecule has 2 nitrogen and oxygen atoms in total. The van der Waals surface area contributed by atoms with Crippen LogP contribution in [0.15, 0.2) is 36.4 Å². The van der Waals surface area contributed by atoms with E-state index in [2.05, 4.69) is 27.9 Å². The van der Waals surface area contributed by atoms with Gasteiger partial charge in [-0.15, -0.1) is 0 Å². The van der Waals surface area contributed by atoms with E-state index in [1.165, 1.54) is 0 Å². The first-order valence-electron chi connectivity index (χ1n) is 4.83. The maximum absolute atomic E-state index is 5.95. The van der Waals surface area contributed by atoms with Crippen LogP contribution in [-0.4, -0.2) is 0 Å². The van der Waals surface area contributed by atoms with Crippen molar-refractivity contribution in [2.24, 2.45) is 0 Å². The molecular weight excluding hydrogens is 370 g/mol. The van der Waals surface area contributed by atoms with E-state index in [9.17, 15) is 0 Å². The number of nitrogen functional groups attached to an aromatic ring is 1. The first kappa shape index (κ1) is 12.8. The lowest BCUT2D eigenvalue weighted by atomic mass is 10.2. The van der Waals surface area contributed by atoms with Crippen molar-refractivity contribution < 1.29 is 0 Å². The zero-order chi connectivity index (χ0) is 12.4. The van der Waals surface area contributed by atoms with Gasteiger partial charge >= 0.3 is 0 Å². The SMILES string of the molecule is Nc1ccc(Nc2ccc(Cl)c(Cl)c2)c(I)c1. The van der Waals surface area contributed by atoms with Crippen molar-refractivity contribution in [3.63, 3.8) is 0 Å². The van der Waals surface area contributed by atoms with E-state index >= 15 is 0 Å². The molecule has 17 heavy (non-hydrogen) atoms. The van der Waals surface area contributed by atoms with E-state index in [4.69, 9.17) is 28.9 Å². The average molecular weight is 379 g/mol. The molecule has 0 saturated carbocycles. The van der Waals surface area contributed by atoms with Gasteiger partial charge in [0.1, 0.15) is 0 Å². The van der Waals surface area contributed by atoms with Crippen LogP contribution in [0.1, 0.15) is 0 Å². The number of nitrogens with one attached hydrogen (secondary N) is 1. The highest BCUT2D eigenvalue weighted by Gasteiger charge is 2.03. The Kier molecular flexibility index (Phi) is 4.01. The van der Waals surface area contributed by atoms with Gasteiger partial charge in [0.25, 0.3) is 0 Å². The van der Waals surface area contributed by atoms with Crippen LogP contribution in [-0.2, 0) is 0 Å². The first-order valence-corrected chi connectivity index (χ1v) is 6.67. The number of hydrogen-bond acceptors (Lipinski definition) is 2. The molecule has 0 aromatic heterocycles. The summed E-state index contributed by atoms with van der Waals surface area (Å²) in [7, 11) is 0. The number of anilines is 3. The maximum atomic E-state index is 5.95. The monoisotopic (exact) mass is 378 g/mol. The van der Waals surface area contributed by atoms with Crippen LogP contribution >= 0.6 is 45.8 Å². The van der Waals surface area contributed by atoms with Gasteiger partial charge in [-0.05, 0) is 59.0 Å². The van der Waals surface area contributed by atoms with Gasteiger partial charge in [0.15, 0.2) is 0 Å². The summed E-state index contributed by atoms with van der Waals surface area (Å²) in [4.78, 5) is 0. The average Bonchev–Trinajstić information content (AvgIpc) is 2.27. The van der Waals surface area contributed by atoms with Crippen LogP contribution in [0.5, 0.6) is 0 Å². The summed E-state index contributed by atoms with van der Waals surface area (Å²) >= 11 is 14.0. The zero-order valence-corrected chi connectivity index (χ0v) is 12.3. The summed E-state index contributed by atoms with van der Waals surface area (Å²) in [5.41, 5.74) is 8.31. The Morgan fingerprint density at radius 2 is 1.76 bits per heavy atom. The van der Waals surface area contributed by atoms with Crippen LogP contribution in [0.4, 0.5) is 17.1 Å². The maximum Gasteiger partial charge on any atom is 0.0612 e. The molecule has 3 N–H and O–H groups in total. The molecule has 0 unspecified atom stereocenters. The van der Waals surface area contributed by atoms with Gasteiger partial charge in [0.2, 0.25) is 0 Å². The molecule has 0 saturated heterocycles. The van der Waals surface area contributed by atoms with E-state index in [1.807, 2.05) is 24.3 Å². The third-order valence-electron chi connectivity index (χ3n) is 2.19. The molecule has 0 heterocycles. The Balaban J connectivity index is 2.28. The highest BCUT2D eigenvalue weighted by Crippen LogP contribution is 2.29. The highest BCUT2D eigenvalue weighted by molar-refractivity contribution is 14.1. The van der Waals surface area contributed by atoms with Crippen molar-refractivity contribution in [1.82, 2.24) is 0 Å². The molecule has 88 valence electrons. The fourth-order valence-electron chi connectivity index (χ4n) is 1.36. The Morgan fingerprint density at radius 1 is 1.00 bits per heavy atom. The lowest BCUT2D eigenvalue weighted by Gasteiger charge is -2.10. The fourth-order valence-corrected chi connectivity index (χ4v) is 2.33. The van der Waals surface area contributed by atoms with Crippen molar-refractivity contribution >= 4 is 62.9 Å². The summed E-state index contributed by atoms with van der Waals surface area (Å²) in [6.45, 7) is 0. The van der Waals surface area contributed by atoms with E-state index in [0.717, 1.165) is 20.6 Å².